The average Bonchev–Trinajstić information content (AvgIpc) is 3.35. The summed E-state index contributed by atoms with van der Waals surface area (Å²) in [7, 11) is 0. The molecule has 186 valence electrons. The highest BCUT2D eigenvalue weighted by Gasteiger charge is 2.27. The minimum absolute atomic E-state index is 0.000111. The number of benzene rings is 1. The molecule has 0 saturated carbocycles. The zero-order chi connectivity index (χ0) is 24.9. The molecule has 1 aromatic carbocycles. The average molecular weight is 484 g/mol. The Hall–Kier alpha value is -4.15. The second kappa shape index (κ2) is 13.5. The molecule has 4 N–H and O–H groups in total. The highest BCUT2D eigenvalue weighted by molar-refractivity contribution is 6.39. The van der Waals surface area contributed by atoms with Gasteiger partial charge in [0.25, 0.3) is 5.91 Å². The Balaban J connectivity index is 1.31. The van der Waals surface area contributed by atoms with Crippen molar-refractivity contribution in [3.8, 4) is 0 Å². The summed E-state index contributed by atoms with van der Waals surface area (Å²) in [6.07, 6.45) is 3.49. The molecule has 0 bridgehead atoms. The van der Waals surface area contributed by atoms with Crippen LogP contribution in [0.25, 0.3) is 0 Å². The van der Waals surface area contributed by atoms with Crippen LogP contribution in [0.15, 0.2) is 59.9 Å². The highest BCUT2D eigenvalue weighted by atomic mass is 16.6. The number of carboxylic acids is 1. The first kappa shape index (κ1) is 25.5. The number of oxime groups is 1. The van der Waals surface area contributed by atoms with Gasteiger partial charge in [-0.15, -0.1) is 0 Å². The van der Waals surface area contributed by atoms with Crippen LogP contribution >= 0.6 is 0 Å². The van der Waals surface area contributed by atoms with E-state index in [0.717, 1.165) is 37.2 Å². The lowest BCUT2D eigenvalue weighted by Gasteiger charge is -2.15. The van der Waals surface area contributed by atoms with Gasteiger partial charge in [-0.25, -0.2) is 14.6 Å². The number of alkyl carbamates (subject to hydrolysis) is 1. The van der Waals surface area contributed by atoms with Crippen molar-refractivity contribution in [1.82, 2.24) is 15.6 Å². The number of rotatable bonds is 13. The molecule has 11 heteroatoms. The van der Waals surface area contributed by atoms with Crippen LogP contribution in [0.1, 0.15) is 31.2 Å². The Morgan fingerprint density at radius 1 is 1.11 bits per heavy atom. The third-order valence-corrected chi connectivity index (χ3v) is 5.19. The van der Waals surface area contributed by atoms with Crippen molar-refractivity contribution in [2.24, 2.45) is 5.16 Å². The van der Waals surface area contributed by atoms with E-state index in [1.165, 1.54) is 0 Å². The summed E-state index contributed by atoms with van der Waals surface area (Å²) in [5, 5.41) is 21.1. The molecule has 11 nitrogen and oxygen atoms in total. The second-order valence-corrected chi connectivity index (χ2v) is 7.91. The number of carbonyl (C=O) groups excluding carboxylic acids is 2. The lowest BCUT2D eigenvalue weighted by molar-refractivity contribution is -0.139. The molecule has 0 radical (unpaired) electrons. The first-order chi connectivity index (χ1) is 17.0. The van der Waals surface area contributed by atoms with Crippen LogP contribution in [0.3, 0.4) is 0 Å². The monoisotopic (exact) mass is 483 g/mol. The van der Waals surface area contributed by atoms with E-state index in [9.17, 15) is 19.5 Å². The van der Waals surface area contributed by atoms with Crippen LogP contribution in [0, 0.1) is 0 Å². The number of hydrogen-bond acceptors (Lipinski definition) is 8. The first-order valence-corrected chi connectivity index (χ1v) is 11.4. The van der Waals surface area contributed by atoms with Gasteiger partial charge >= 0.3 is 12.1 Å². The normalized spacial score (nSPS) is 15.3. The van der Waals surface area contributed by atoms with E-state index in [2.05, 4.69) is 26.1 Å². The van der Waals surface area contributed by atoms with Crippen molar-refractivity contribution in [1.29, 1.82) is 0 Å². The van der Waals surface area contributed by atoms with E-state index in [-0.39, 0.29) is 25.0 Å². The number of amides is 2. The third-order valence-electron chi connectivity index (χ3n) is 5.19. The van der Waals surface area contributed by atoms with Gasteiger partial charge in [0, 0.05) is 25.7 Å². The number of nitrogens with one attached hydrogen (secondary N) is 3. The molecule has 2 atom stereocenters. The number of nitrogens with zero attached hydrogens (tertiary/aromatic N) is 2. The maximum atomic E-state index is 12.4. The molecule has 1 aliphatic rings. The fourth-order valence-corrected chi connectivity index (χ4v) is 3.30. The van der Waals surface area contributed by atoms with Crippen molar-refractivity contribution >= 4 is 29.5 Å². The zero-order valence-corrected chi connectivity index (χ0v) is 19.2. The van der Waals surface area contributed by atoms with Crippen LogP contribution in [-0.2, 0) is 25.8 Å². The van der Waals surface area contributed by atoms with Gasteiger partial charge in [-0.05, 0) is 37.0 Å². The second-order valence-electron chi connectivity index (χ2n) is 7.91. The Morgan fingerprint density at radius 2 is 1.91 bits per heavy atom. The van der Waals surface area contributed by atoms with Gasteiger partial charge in [0.2, 0.25) is 0 Å². The number of pyridine rings is 1. The van der Waals surface area contributed by atoms with Crippen molar-refractivity contribution in [3.63, 3.8) is 0 Å². The smallest absolute Gasteiger partial charge is 0.408 e. The number of aliphatic carboxylic acids is 1. The van der Waals surface area contributed by atoms with Gasteiger partial charge in [-0.1, -0.05) is 41.6 Å². The van der Waals surface area contributed by atoms with Gasteiger partial charge in [0.05, 0.1) is 0 Å². The quantitative estimate of drug-likeness (QED) is 0.317. The molecule has 1 aromatic heterocycles. The molecule has 2 aromatic rings. The van der Waals surface area contributed by atoms with Crippen molar-refractivity contribution < 1.29 is 29.1 Å². The summed E-state index contributed by atoms with van der Waals surface area (Å²) < 4.78 is 5.03. The number of ether oxygens (including phenoxy) is 1. The summed E-state index contributed by atoms with van der Waals surface area (Å²) in [4.78, 5) is 45.3. The predicted molar refractivity (Wildman–Crippen MR) is 128 cm³/mol. The molecule has 2 unspecified atom stereocenters. The molecule has 2 heterocycles. The fraction of sp³-hybridized carbons (Fsp3) is 0.375. The molecule has 3 rings (SSSR count). The number of carbonyl (C=O) groups is 3. The standard InChI is InChI=1S/C24H29N5O6/c30-22(19-14-18(35-29-19)10-4-6-12-25-21-11-5-7-13-26-21)27-15-20(23(31)32)28-24(33)34-16-17-8-2-1-3-9-17/h1-3,5,7-9,11,13,18,20H,4,6,10,12,14-16H2,(H,25,26)(H,27,30)(H,28,33)(H,31,32). The van der Waals surface area contributed by atoms with Crippen LogP contribution in [0.2, 0.25) is 0 Å². The SMILES string of the molecule is O=C(NC(CNC(=O)C1=NOC(CCCCNc2ccccn2)C1)C(=O)O)OCc1ccccc1. The van der Waals surface area contributed by atoms with Crippen molar-refractivity contribution in [2.75, 3.05) is 18.4 Å². The van der Waals surface area contributed by atoms with Gasteiger partial charge in [0.15, 0.2) is 0 Å². The van der Waals surface area contributed by atoms with Crippen LogP contribution in [-0.4, -0.2) is 59.0 Å². The van der Waals surface area contributed by atoms with Crippen LogP contribution in [0.4, 0.5) is 10.6 Å². The van der Waals surface area contributed by atoms with Gasteiger partial charge in [-0.3, -0.25) is 4.79 Å². The van der Waals surface area contributed by atoms with Crippen molar-refractivity contribution in [3.05, 3.63) is 60.3 Å². The summed E-state index contributed by atoms with van der Waals surface area (Å²) in [6.45, 7) is 0.451. The Labute approximate surface area is 202 Å². The van der Waals surface area contributed by atoms with E-state index >= 15 is 0 Å². The number of hydrogen-bond donors (Lipinski definition) is 4. The van der Waals surface area contributed by atoms with Gasteiger partial charge in [0.1, 0.15) is 30.3 Å². The lowest BCUT2D eigenvalue weighted by Crippen LogP contribution is -2.49. The van der Waals surface area contributed by atoms with Gasteiger partial charge in [-0.2, -0.15) is 0 Å². The summed E-state index contributed by atoms with van der Waals surface area (Å²) in [5.41, 5.74) is 0.957. The highest BCUT2D eigenvalue weighted by Crippen LogP contribution is 2.17. The summed E-state index contributed by atoms with van der Waals surface area (Å²) in [6, 6.07) is 13.3. The molecule has 0 spiro atoms. The minimum atomic E-state index is -1.35. The topological polar surface area (TPSA) is 151 Å². The predicted octanol–water partition coefficient (Wildman–Crippen LogP) is 2.30. The third kappa shape index (κ3) is 8.95. The molecular weight excluding hydrogens is 454 g/mol. The summed E-state index contributed by atoms with van der Waals surface area (Å²) in [5.74, 6) is -1.01. The molecular formula is C24H29N5O6. The minimum Gasteiger partial charge on any atom is -0.480 e. The Morgan fingerprint density at radius 3 is 2.66 bits per heavy atom. The van der Waals surface area contributed by atoms with E-state index in [1.807, 2.05) is 24.3 Å². The zero-order valence-electron chi connectivity index (χ0n) is 19.2. The van der Waals surface area contributed by atoms with E-state index < -0.39 is 24.0 Å². The number of anilines is 1. The molecule has 0 fully saturated rings. The van der Waals surface area contributed by atoms with E-state index in [1.54, 1.807) is 30.5 Å². The number of carboxylic acid groups (broad SMARTS) is 1. The molecule has 1 aliphatic heterocycles. The largest absolute Gasteiger partial charge is 0.480 e. The lowest BCUT2D eigenvalue weighted by atomic mass is 10.1. The maximum absolute atomic E-state index is 12.4. The summed E-state index contributed by atoms with van der Waals surface area (Å²) >= 11 is 0. The van der Waals surface area contributed by atoms with E-state index in [0.29, 0.717) is 6.42 Å². The van der Waals surface area contributed by atoms with Crippen LogP contribution in [0.5, 0.6) is 0 Å². The molecule has 0 saturated heterocycles. The van der Waals surface area contributed by atoms with Crippen LogP contribution < -0.4 is 16.0 Å². The first-order valence-electron chi connectivity index (χ1n) is 11.4. The van der Waals surface area contributed by atoms with E-state index in [4.69, 9.17) is 9.57 Å². The Kier molecular flexibility index (Phi) is 9.85. The maximum Gasteiger partial charge on any atom is 0.408 e. The molecule has 2 amide bonds. The van der Waals surface area contributed by atoms with Gasteiger partial charge < -0.3 is 30.6 Å². The molecule has 0 aliphatic carbocycles. The number of unbranched alkanes of at least 4 members (excludes halogenated alkanes) is 1. The fourth-order valence-electron chi connectivity index (χ4n) is 3.30. The Bertz CT molecular complexity index is 1000. The van der Waals surface area contributed by atoms with Crippen molar-refractivity contribution in [2.45, 2.75) is 44.4 Å². The molecule has 35 heavy (non-hydrogen) atoms. The number of aromatic nitrogens is 1.